The van der Waals surface area contributed by atoms with Crippen LogP contribution in [0.4, 0.5) is 4.39 Å². The number of nitrogens with one attached hydrogen (secondary N) is 1. The van der Waals surface area contributed by atoms with Crippen LogP contribution in [-0.4, -0.2) is 134 Å². The van der Waals surface area contributed by atoms with Gasteiger partial charge in [0.2, 0.25) is 17.7 Å². The number of halogens is 1. The van der Waals surface area contributed by atoms with Gasteiger partial charge in [-0.2, -0.15) is 0 Å². The second kappa shape index (κ2) is 30.5. The summed E-state index contributed by atoms with van der Waals surface area (Å²) in [7, 11) is 1.60. The van der Waals surface area contributed by atoms with Crippen molar-refractivity contribution in [3.63, 3.8) is 0 Å². The van der Waals surface area contributed by atoms with Gasteiger partial charge in [-0.15, -0.1) is 0 Å². The number of ether oxygens (including phenoxy) is 1. The third-order valence-electron chi connectivity index (χ3n) is 21.1. The van der Waals surface area contributed by atoms with Crippen LogP contribution in [-0.2, 0) is 40.2 Å². The molecular weight excluding hydrogens is 1080 g/mol. The fourth-order valence-electron chi connectivity index (χ4n) is 15.5. The van der Waals surface area contributed by atoms with Crippen LogP contribution in [0.25, 0.3) is 0 Å². The largest absolute Gasteiger partial charge is 0.384 e. The molecule has 1 N–H and O–H groups in total. The average molecular weight is 1200 g/mol. The Morgan fingerprint density at radius 3 is 1.37 bits per heavy atom. The molecule has 3 fully saturated rings. The summed E-state index contributed by atoms with van der Waals surface area (Å²) in [5.74, 6) is 0.228. The topological polar surface area (TPSA) is 106 Å². The number of Topliss-reactive ketones (excluding diaryl/α,β-unsaturated/α-hetero) is 1. The highest BCUT2D eigenvalue weighted by molar-refractivity contribution is 5.84. The summed E-state index contributed by atoms with van der Waals surface area (Å²) < 4.78 is 19.2. The zero-order valence-electron chi connectivity index (χ0n) is 57.0. The molecule has 11 nitrogen and oxygen atoms in total. The second-order valence-electron chi connectivity index (χ2n) is 30.9. The van der Waals surface area contributed by atoms with Crippen molar-refractivity contribution in [1.82, 2.24) is 29.8 Å². The van der Waals surface area contributed by atoms with E-state index in [-0.39, 0.29) is 59.7 Å². The van der Waals surface area contributed by atoms with E-state index >= 15 is 0 Å². The molecule has 486 valence electrons. The van der Waals surface area contributed by atoms with Gasteiger partial charge in [-0.25, -0.2) is 4.39 Å². The van der Waals surface area contributed by atoms with Crippen molar-refractivity contribution in [2.75, 3.05) is 85.7 Å². The number of benzene rings is 3. The highest BCUT2D eigenvalue weighted by atomic mass is 19.1. The molecule has 3 amide bonds. The molecule has 0 unspecified atom stereocenters. The molecule has 3 heterocycles. The van der Waals surface area contributed by atoms with E-state index in [0.29, 0.717) is 54.1 Å². The zero-order chi connectivity index (χ0) is 63.4. The number of ketones is 1. The van der Waals surface area contributed by atoms with Crippen LogP contribution in [0.3, 0.4) is 0 Å². The molecule has 0 bridgehead atoms. The van der Waals surface area contributed by atoms with E-state index in [4.69, 9.17) is 4.74 Å². The Morgan fingerprint density at radius 2 is 0.966 bits per heavy atom. The summed E-state index contributed by atoms with van der Waals surface area (Å²) >= 11 is 0. The van der Waals surface area contributed by atoms with E-state index in [1.807, 2.05) is 11.0 Å². The summed E-state index contributed by atoms with van der Waals surface area (Å²) in [6.07, 6.45) is 18.2. The molecule has 87 heavy (non-hydrogen) atoms. The number of piperidine rings is 3. The predicted octanol–water partition coefficient (Wildman–Crippen LogP) is 15.5. The molecule has 12 heteroatoms. The maximum Gasteiger partial charge on any atom is 0.223 e. The predicted molar refractivity (Wildman–Crippen MR) is 357 cm³/mol. The summed E-state index contributed by atoms with van der Waals surface area (Å²) in [6.45, 7) is 40.7. The number of carbonyl (C=O) groups is 4. The van der Waals surface area contributed by atoms with Gasteiger partial charge in [0.05, 0.1) is 24.7 Å². The number of amides is 3. The van der Waals surface area contributed by atoms with Crippen molar-refractivity contribution >= 4 is 23.5 Å². The minimum atomic E-state index is -0.176. The Morgan fingerprint density at radius 1 is 0.552 bits per heavy atom. The van der Waals surface area contributed by atoms with Crippen LogP contribution in [0.1, 0.15) is 259 Å². The van der Waals surface area contributed by atoms with Crippen molar-refractivity contribution in [2.24, 2.45) is 16.2 Å². The maximum absolute atomic E-state index is 14.2. The van der Waals surface area contributed by atoms with Gasteiger partial charge in [-0.1, -0.05) is 117 Å². The molecule has 3 aromatic carbocycles. The molecule has 3 aromatic rings. The number of nitrogens with zero attached hydrogens (tertiary/aromatic N) is 5. The summed E-state index contributed by atoms with van der Waals surface area (Å²) in [5, 5.41) is 3.15. The lowest BCUT2D eigenvalue weighted by Gasteiger charge is -2.49. The minimum absolute atomic E-state index is 0. The highest BCUT2D eigenvalue weighted by Gasteiger charge is 2.46. The van der Waals surface area contributed by atoms with E-state index in [1.54, 1.807) is 27.0 Å². The van der Waals surface area contributed by atoms with Gasteiger partial charge in [-0.05, 0) is 254 Å². The van der Waals surface area contributed by atoms with Crippen LogP contribution in [0.2, 0.25) is 0 Å². The lowest BCUT2D eigenvalue weighted by atomic mass is 9.63. The van der Waals surface area contributed by atoms with Gasteiger partial charge >= 0.3 is 0 Å². The van der Waals surface area contributed by atoms with Crippen molar-refractivity contribution in [1.29, 1.82) is 0 Å². The van der Waals surface area contributed by atoms with Gasteiger partial charge in [0.25, 0.3) is 0 Å². The standard InChI is InChI=1S/C27H42N2O2.C24H37FN2O2.C24H38N2O.H2/c1-6-29(25(31)12-11-21(2)30)24-13-14-27(23-10-8-7-9-22(23)24)16-19-28(20-17-27)18-15-26(3,4)5;1-23(2,3)10-13-27-14-11-24(12-15-27)9-7-21(26-22(28)8-16-29-4)19-6-5-18(25)17-20(19)24;1-6-26(19(2)27)22-11-12-24(21-10-8-7-9-20(21)22)14-17-25(18-15-24)16-13-23(3,4)5;/h7-10,24H,6,11-20H2,1-5H3;5-6,17,21H,7-16H2,1-4H3,(H,26,28);7-10,22H,6,11-18H2,1-5H3;1H/t24-;21-;22-;/m110./s1. The number of hydrogen-bond donors (Lipinski definition) is 1. The molecule has 9 rings (SSSR count). The Bertz CT molecular complexity index is 2720. The molecule has 3 spiro atoms. The Labute approximate surface area is 528 Å². The first-order valence-corrected chi connectivity index (χ1v) is 34.1. The van der Waals surface area contributed by atoms with Gasteiger partial charge < -0.3 is 39.3 Å². The molecule has 3 aliphatic carbocycles. The summed E-state index contributed by atoms with van der Waals surface area (Å²) in [4.78, 5) is 60.7. The van der Waals surface area contributed by atoms with E-state index in [2.05, 4.69) is 150 Å². The average Bonchev–Trinajstić information content (AvgIpc) is 2.48. The quantitative estimate of drug-likeness (QED) is 0.142. The molecule has 3 atom stereocenters. The molecule has 3 aliphatic heterocycles. The molecule has 3 saturated heterocycles. The third-order valence-corrected chi connectivity index (χ3v) is 21.1. The smallest absolute Gasteiger partial charge is 0.223 e. The molecule has 0 radical (unpaired) electrons. The monoisotopic (exact) mass is 1200 g/mol. The Hall–Kier alpha value is -4.49. The van der Waals surface area contributed by atoms with Crippen LogP contribution >= 0.6 is 0 Å². The number of fused-ring (bicyclic) bond motifs is 6. The molecule has 0 aromatic heterocycles. The molecule has 6 aliphatic rings. The number of carbonyl (C=O) groups excluding carboxylic acids is 4. The Balaban J connectivity index is 0.000000210. The number of likely N-dealkylation sites (tertiary alicyclic amines) is 3. The Kier molecular flexibility index (Phi) is 24.6. The van der Waals surface area contributed by atoms with E-state index in [1.165, 1.54) is 119 Å². The summed E-state index contributed by atoms with van der Waals surface area (Å²) in [6, 6.07) is 23.3. The van der Waals surface area contributed by atoms with Crippen LogP contribution in [0.15, 0.2) is 66.7 Å². The van der Waals surface area contributed by atoms with E-state index < -0.39 is 0 Å². The van der Waals surface area contributed by atoms with Crippen LogP contribution in [0, 0.1) is 22.1 Å². The first-order valence-electron chi connectivity index (χ1n) is 34.1. The fourth-order valence-corrected chi connectivity index (χ4v) is 15.5. The van der Waals surface area contributed by atoms with Gasteiger partial charge in [0.15, 0.2) is 0 Å². The van der Waals surface area contributed by atoms with Crippen LogP contribution in [0.5, 0.6) is 0 Å². The first-order chi connectivity index (χ1) is 41.1. The number of rotatable bonds is 17. The third kappa shape index (κ3) is 18.8. The van der Waals surface area contributed by atoms with Gasteiger partial charge in [0, 0.05) is 47.8 Å². The van der Waals surface area contributed by atoms with Crippen molar-refractivity contribution < 1.29 is 29.7 Å². The SMILES string of the molecule is CCN(C(=O)CCC(C)=O)[C@@H]1CCC2(CCN(CCC(C)(C)C)CC2)c2ccccc21.CCN(C(C)=O)[C@H]1CCC2(CCN(CCC(C)(C)C)CC2)c2ccccc21.COCCC(=O)N[C@@H]1CCC2(CCN(CCC(C)(C)C)CC2)c2cc(F)ccc21.[HH]. The number of hydrogen-bond acceptors (Lipinski definition) is 8. The zero-order valence-corrected chi connectivity index (χ0v) is 57.0. The maximum atomic E-state index is 14.2. The second-order valence-corrected chi connectivity index (χ2v) is 30.9. The highest BCUT2D eigenvalue weighted by Crippen LogP contribution is 2.52. The molecular formula is C75H119FN6O5. The normalized spacial score (nSPS) is 21.7. The first kappa shape index (κ1) is 70.0. The van der Waals surface area contributed by atoms with E-state index in [9.17, 15) is 23.6 Å². The van der Waals surface area contributed by atoms with Crippen LogP contribution < -0.4 is 5.32 Å². The van der Waals surface area contributed by atoms with Crippen molar-refractivity contribution in [2.45, 2.75) is 240 Å². The van der Waals surface area contributed by atoms with Crippen molar-refractivity contribution in [3.8, 4) is 0 Å². The molecule has 0 saturated carbocycles. The van der Waals surface area contributed by atoms with E-state index in [0.717, 1.165) is 82.3 Å². The fraction of sp³-hybridized carbons (Fsp3) is 0.707. The number of methoxy groups -OCH3 is 1. The summed E-state index contributed by atoms with van der Waals surface area (Å²) in [5.41, 5.74) is 9.74. The van der Waals surface area contributed by atoms with Gasteiger partial charge in [-0.3, -0.25) is 14.4 Å². The lowest BCUT2D eigenvalue weighted by Crippen LogP contribution is -2.47. The minimum Gasteiger partial charge on any atom is -0.384 e. The van der Waals surface area contributed by atoms with Crippen molar-refractivity contribution in [3.05, 3.63) is 106 Å². The lowest BCUT2D eigenvalue weighted by molar-refractivity contribution is -0.135. The van der Waals surface area contributed by atoms with Gasteiger partial charge in [0.1, 0.15) is 11.6 Å².